The molecule has 0 saturated carbocycles. The summed E-state index contributed by atoms with van der Waals surface area (Å²) in [4.78, 5) is 11.6. The molecule has 0 aromatic heterocycles. The van der Waals surface area contributed by atoms with E-state index in [-0.39, 0.29) is 6.03 Å². The number of urea groups is 1. The molecule has 1 aliphatic rings. The van der Waals surface area contributed by atoms with Crippen molar-refractivity contribution in [2.45, 2.75) is 19.8 Å². The van der Waals surface area contributed by atoms with Gasteiger partial charge in [0, 0.05) is 11.9 Å². The minimum atomic E-state index is -0.210. The molecule has 0 radical (unpaired) electrons. The van der Waals surface area contributed by atoms with E-state index in [1.165, 1.54) is 11.1 Å². The standard InChI is InChI=1S/C14H18N2O2/c1-11-2-4-13(5-3-11)16-14(17)15-10-12-6-8-18-9-7-12/h2-5,10H,6-9H2,1H3,(H2,15,16,17). The number of hydrogen-bond donors (Lipinski definition) is 2. The lowest BCUT2D eigenvalue weighted by molar-refractivity contribution is 0.119. The van der Waals surface area contributed by atoms with Crippen LogP contribution in [-0.4, -0.2) is 19.2 Å². The average Bonchev–Trinajstić information content (AvgIpc) is 2.40. The van der Waals surface area contributed by atoms with Gasteiger partial charge in [-0.05, 0) is 37.5 Å². The Bertz CT molecular complexity index is 430. The smallest absolute Gasteiger partial charge is 0.323 e. The molecule has 1 fully saturated rings. The van der Waals surface area contributed by atoms with Crippen LogP contribution in [0.5, 0.6) is 0 Å². The maximum absolute atomic E-state index is 11.6. The molecule has 0 aliphatic carbocycles. The van der Waals surface area contributed by atoms with Crippen molar-refractivity contribution in [3.8, 4) is 0 Å². The Labute approximate surface area is 107 Å². The summed E-state index contributed by atoms with van der Waals surface area (Å²) in [6.07, 6.45) is 3.57. The van der Waals surface area contributed by atoms with Gasteiger partial charge in [-0.1, -0.05) is 17.7 Å². The summed E-state index contributed by atoms with van der Waals surface area (Å²) in [5.41, 5.74) is 3.19. The van der Waals surface area contributed by atoms with Crippen molar-refractivity contribution >= 4 is 11.7 Å². The quantitative estimate of drug-likeness (QED) is 0.843. The SMILES string of the molecule is Cc1ccc(NC(=O)NC=C2CCOCC2)cc1. The van der Waals surface area contributed by atoms with Crippen molar-refractivity contribution in [1.29, 1.82) is 0 Å². The molecule has 96 valence electrons. The minimum Gasteiger partial charge on any atom is -0.381 e. The van der Waals surface area contributed by atoms with Gasteiger partial charge in [0.15, 0.2) is 0 Å². The van der Waals surface area contributed by atoms with Crippen LogP contribution < -0.4 is 10.6 Å². The van der Waals surface area contributed by atoms with Gasteiger partial charge in [-0.3, -0.25) is 0 Å². The lowest BCUT2D eigenvalue weighted by atomic mass is 10.1. The van der Waals surface area contributed by atoms with E-state index in [2.05, 4.69) is 10.6 Å². The summed E-state index contributed by atoms with van der Waals surface area (Å²) in [6, 6.07) is 7.49. The second kappa shape index (κ2) is 6.21. The number of carbonyl (C=O) groups is 1. The summed E-state index contributed by atoms with van der Waals surface area (Å²) in [5.74, 6) is 0. The zero-order valence-electron chi connectivity index (χ0n) is 10.5. The van der Waals surface area contributed by atoms with Crippen molar-refractivity contribution in [3.63, 3.8) is 0 Å². The second-order valence-electron chi connectivity index (χ2n) is 4.38. The van der Waals surface area contributed by atoms with Gasteiger partial charge in [-0.2, -0.15) is 0 Å². The highest BCUT2D eigenvalue weighted by Crippen LogP contribution is 2.12. The third-order valence-electron chi connectivity index (χ3n) is 2.85. The third-order valence-corrected chi connectivity index (χ3v) is 2.85. The molecule has 4 heteroatoms. The lowest BCUT2D eigenvalue weighted by Gasteiger charge is -2.14. The molecule has 1 saturated heterocycles. The second-order valence-corrected chi connectivity index (χ2v) is 4.38. The Kier molecular flexibility index (Phi) is 4.36. The summed E-state index contributed by atoms with van der Waals surface area (Å²) in [7, 11) is 0. The van der Waals surface area contributed by atoms with E-state index in [1.54, 1.807) is 6.20 Å². The van der Waals surface area contributed by atoms with Gasteiger partial charge in [-0.25, -0.2) is 4.79 Å². The number of ether oxygens (including phenoxy) is 1. The molecule has 0 unspecified atom stereocenters. The molecular weight excluding hydrogens is 228 g/mol. The van der Waals surface area contributed by atoms with E-state index in [0.717, 1.165) is 31.7 Å². The fraction of sp³-hybridized carbons (Fsp3) is 0.357. The molecule has 0 atom stereocenters. The molecule has 1 aromatic carbocycles. The van der Waals surface area contributed by atoms with Crippen LogP contribution in [0, 0.1) is 6.92 Å². The number of benzene rings is 1. The van der Waals surface area contributed by atoms with Crippen molar-refractivity contribution < 1.29 is 9.53 Å². The predicted molar refractivity (Wildman–Crippen MR) is 71.5 cm³/mol. The van der Waals surface area contributed by atoms with E-state index >= 15 is 0 Å². The first-order valence-electron chi connectivity index (χ1n) is 6.14. The average molecular weight is 246 g/mol. The number of aryl methyl sites for hydroxylation is 1. The number of amides is 2. The predicted octanol–water partition coefficient (Wildman–Crippen LogP) is 2.81. The third kappa shape index (κ3) is 3.89. The van der Waals surface area contributed by atoms with Gasteiger partial charge in [0.1, 0.15) is 0 Å². The highest BCUT2D eigenvalue weighted by molar-refractivity contribution is 5.89. The number of anilines is 1. The van der Waals surface area contributed by atoms with Crippen LogP contribution in [0.15, 0.2) is 36.0 Å². The molecule has 0 bridgehead atoms. The van der Waals surface area contributed by atoms with Crippen molar-refractivity contribution in [1.82, 2.24) is 5.32 Å². The monoisotopic (exact) mass is 246 g/mol. The molecule has 0 spiro atoms. The Balaban J connectivity index is 1.83. The fourth-order valence-corrected chi connectivity index (χ4v) is 1.75. The highest BCUT2D eigenvalue weighted by atomic mass is 16.5. The van der Waals surface area contributed by atoms with Gasteiger partial charge in [0.2, 0.25) is 0 Å². The number of carbonyl (C=O) groups excluding carboxylic acids is 1. The summed E-state index contributed by atoms with van der Waals surface area (Å²) >= 11 is 0. The minimum absolute atomic E-state index is 0.210. The van der Waals surface area contributed by atoms with Crippen LogP contribution in [0.4, 0.5) is 10.5 Å². The summed E-state index contributed by atoms with van der Waals surface area (Å²) in [5, 5.41) is 5.53. The van der Waals surface area contributed by atoms with Crippen molar-refractivity contribution in [3.05, 3.63) is 41.6 Å². The molecule has 2 rings (SSSR count). The van der Waals surface area contributed by atoms with Crippen molar-refractivity contribution in [2.24, 2.45) is 0 Å². The molecule has 4 nitrogen and oxygen atoms in total. The zero-order chi connectivity index (χ0) is 12.8. The number of nitrogens with one attached hydrogen (secondary N) is 2. The summed E-state index contributed by atoms with van der Waals surface area (Å²) < 4.78 is 5.24. The van der Waals surface area contributed by atoms with Crippen LogP contribution in [-0.2, 0) is 4.74 Å². The van der Waals surface area contributed by atoms with Crippen LogP contribution in [0.1, 0.15) is 18.4 Å². The first kappa shape index (κ1) is 12.6. The first-order chi connectivity index (χ1) is 8.74. The number of hydrogen-bond acceptors (Lipinski definition) is 2. The fourth-order valence-electron chi connectivity index (χ4n) is 1.75. The van der Waals surface area contributed by atoms with E-state index in [9.17, 15) is 4.79 Å². The molecule has 1 aliphatic heterocycles. The molecule has 18 heavy (non-hydrogen) atoms. The maximum atomic E-state index is 11.6. The van der Waals surface area contributed by atoms with Crippen LogP contribution in [0.2, 0.25) is 0 Å². The van der Waals surface area contributed by atoms with Gasteiger partial charge in [-0.15, -0.1) is 0 Å². The molecule has 1 heterocycles. The highest BCUT2D eigenvalue weighted by Gasteiger charge is 2.06. The maximum Gasteiger partial charge on any atom is 0.323 e. The Morgan fingerprint density at radius 1 is 1.22 bits per heavy atom. The Hall–Kier alpha value is -1.81. The molecule has 2 N–H and O–H groups in total. The van der Waals surface area contributed by atoms with Gasteiger partial charge < -0.3 is 15.4 Å². The normalized spacial score (nSPS) is 15.1. The Morgan fingerprint density at radius 3 is 2.56 bits per heavy atom. The Morgan fingerprint density at radius 2 is 1.89 bits per heavy atom. The van der Waals surface area contributed by atoms with Crippen LogP contribution in [0.25, 0.3) is 0 Å². The topological polar surface area (TPSA) is 50.4 Å². The lowest BCUT2D eigenvalue weighted by Crippen LogP contribution is -2.25. The van der Waals surface area contributed by atoms with Gasteiger partial charge in [0.05, 0.1) is 13.2 Å². The van der Waals surface area contributed by atoms with Crippen LogP contribution >= 0.6 is 0 Å². The van der Waals surface area contributed by atoms with Gasteiger partial charge >= 0.3 is 6.03 Å². The van der Waals surface area contributed by atoms with Crippen LogP contribution in [0.3, 0.4) is 0 Å². The zero-order valence-corrected chi connectivity index (χ0v) is 10.5. The molecule has 2 amide bonds. The van der Waals surface area contributed by atoms with Gasteiger partial charge in [0.25, 0.3) is 0 Å². The summed E-state index contributed by atoms with van der Waals surface area (Å²) in [6.45, 7) is 3.50. The molecular formula is C14H18N2O2. The first-order valence-corrected chi connectivity index (χ1v) is 6.14. The largest absolute Gasteiger partial charge is 0.381 e. The van der Waals surface area contributed by atoms with E-state index < -0.39 is 0 Å². The van der Waals surface area contributed by atoms with E-state index in [4.69, 9.17) is 4.74 Å². The molecule has 1 aromatic rings. The van der Waals surface area contributed by atoms with E-state index in [1.807, 2.05) is 31.2 Å². The van der Waals surface area contributed by atoms with E-state index in [0.29, 0.717) is 0 Å². The van der Waals surface area contributed by atoms with Crippen molar-refractivity contribution in [2.75, 3.05) is 18.5 Å². The number of rotatable bonds is 2.